The van der Waals surface area contributed by atoms with E-state index in [1.165, 1.54) is 0 Å². The van der Waals surface area contributed by atoms with Crippen molar-refractivity contribution in [2.24, 2.45) is 5.73 Å². The van der Waals surface area contributed by atoms with Gasteiger partial charge in [-0.1, -0.05) is 19.9 Å². The third-order valence-electron chi connectivity index (χ3n) is 3.51. The van der Waals surface area contributed by atoms with E-state index in [9.17, 15) is 14.7 Å². The number of hydrogen-bond donors (Lipinski definition) is 3. The Bertz CT molecular complexity index is 533. The lowest BCUT2D eigenvalue weighted by Crippen LogP contribution is -2.46. The second-order valence-electron chi connectivity index (χ2n) is 5.33. The van der Waals surface area contributed by atoms with Gasteiger partial charge in [0.2, 0.25) is 5.91 Å². The second-order valence-corrected chi connectivity index (χ2v) is 5.33. The Kier molecular flexibility index (Phi) is 3.22. The fourth-order valence-corrected chi connectivity index (χ4v) is 1.94. The molecule has 1 saturated carbocycles. The molecule has 0 radical (unpaired) electrons. The molecular weight excluding hydrogens is 244 g/mol. The summed E-state index contributed by atoms with van der Waals surface area (Å²) in [6.07, 6.45) is 1.11. The number of carbonyl (C=O) groups is 2. The van der Waals surface area contributed by atoms with Crippen LogP contribution in [0.5, 0.6) is 5.75 Å². The number of nitrogens with two attached hydrogens (primary N) is 1. The highest BCUT2D eigenvalue weighted by molar-refractivity contribution is 6.01. The Balaban J connectivity index is 2.18. The molecule has 1 aromatic carbocycles. The number of nitrogens with one attached hydrogen (secondary N) is 1. The molecule has 0 bridgehead atoms. The van der Waals surface area contributed by atoms with Crippen LogP contribution in [0.1, 0.15) is 48.5 Å². The van der Waals surface area contributed by atoms with E-state index in [1.54, 1.807) is 18.2 Å². The quantitative estimate of drug-likeness (QED) is 0.762. The smallest absolute Gasteiger partial charge is 0.255 e. The molecule has 1 aliphatic carbocycles. The summed E-state index contributed by atoms with van der Waals surface area (Å²) in [6, 6.07) is 4.93. The molecule has 19 heavy (non-hydrogen) atoms. The van der Waals surface area contributed by atoms with Gasteiger partial charge in [0, 0.05) is 0 Å². The summed E-state index contributed by atoms with van der Waals surface area (Å²) >= 11 is 0. The minimum atomic E-state index is -0.916. The zero-order chi connectivity index (χ0) is 14.2. The molecule has 2 rings (SSSR count). The van der Waals surface area contributed by atoms with Crippen LogP contribution in [0.15, 0.2) is 18.2 Å². The summed E-state index contributed by atoms with van der Waals surface area (Å²) in [5.41, 5.74) is 5.44. The fraction of sp³-hybridized carbons (Fsp3) is 0.429. The van der Waals surface area contributed by atoms with E-state index in [0.29, 0.717) is 12.8 Å². The van der Waals surface area contributed by atoms with Crippen molar-refractivity contribution in [3.05, 3.63) is 29.3 Å². The van der Waals surface area contributed by atoms with Gasteiger partial charge in [0.1, 0.15) is 11.3 Å². The molecule has 1 aliphatic rings. The average Bonchev–Trinajstić information content (AvgIpc) is 3.09. The third-order valence-corrected chi connectivity index (χ3v) is 3.51. The zero-order valence-corrected chi connectivity index (χ0v) is 11.1. The topological polar surface area (TPSA) is 92.4 Å². The van der Waals surface area contributed by atoms with Crippen molar-refractivity contribution >= 4 is 11.8 Å². The van der Waals surface area contributed by atoms with E-state index in [2.05, 4.69) is 5.32 Å². The van der Waals surface area contributed by atoms with Gasteiger partial charge in [0.05, 0.1) is 5.56 Å². The minimum absolute atomic E-state index is 0.0797. The van der Waals surface area contributed by atoms with Crippen LogP contribution in [0.2, 0.25) is 0 Å². The maximum absolute atomic E-state index is 12.0. The summed E-state index contributed by atoms with van der Waals surface area (Å²) in [7, 11) is 0. The SMILES string of the molecule is CC(C)c1ccc(C(=O)NC2(C(N)=O)CC2)c(O)c1. The van der Waals surface area contributed by atoms with Crippen molar-refractivity contribution in [3.63, 3.8) is 0 Å². The highest BCUT2D eigenvalue weighted by Crippen LogP contribution is 2.35. The van der Waals surface area contributed by atoms with Crippen molar-refractivity contribution in [2.75, 3.05) is 0 Å². The number of primary amides is 1. The average molecular weight is 262 g/mol. The number of hydrogen-bond acceptors (Lipinski definition) is 3. The van der Waals surface area contributed by atoms with Crippen LogP contribution < -0.4 is 11.1 Å². The fourth-order valence-electron chi connectivity index (χ4n) is 1.94. The molecule has 4 N–H and O–H groups in total. The first-order chi connectivity index (χ1) is 8.85. The minimum Gasteiger partial charge on any atom is -0.507 e. The number of rotatable bonds is 4. The Morgan fingerprint density at radius 1 is 1.37 bits per heavy atom. The number of amides is 2. The normalized spacial score (nSPS) is 16.2. The number of phenols is 1. The number of benzene rings is 1. The van der Waals surface area contributed by atoms with Gasteiger partial charge in [-0.2, -0.15) is 0 Å². The molecule has 0 heterocycles. The molecule has 0 spiro atoms. The highest BCUT2D eigenvalue weighted by atomic mass is 16.3. The van der Waals surface area contributed by atoms with Crippen LogP contribution in [0, 0.1) is 0 Å². The van der Waals surface area contributed by atoms with E-state index in [-0.39, 0.29) is 17.2 Å². The third kappa shape index (κ3) is 2.54. The van der Waals surface area contributed by atoms with Crippen molar-refractivity contribution in [3.8, 4) is 5.75 Å². The van der Waals surface area contributed by atoms with Gasteiger partial charge in [-0.25, -0.2) is 0 Å². The summed E-state index contributed by atoms with van der Waals surface area (Å²) in [5, 5.41) is 12.5. The first kappa shape index (κ1) is 13.4. The van der Waals surface area contributed by atoms with Gasteiger partial charge in [-0.15, -0.1) is 0 Å². The predicted molar refractivity (Wildman–Crippen MR) is 70.8 cm³/mol. The Morgan fingerprint density at radius 3 is 2.42 bits per heavy atom. The van der Waals surface area contributed by atoms with Gasteiger partial charge >= 0.3 is 0 Å². The van der Waals surface area contributed by atoms with Crippen LogP contribution in [-0.4, -0.2) is 22.5 Å². The van der Waals surface area contributed by atoms with E-state index in [4.69, 9.17) is 5.73 Å². The summed E-state index contributed by atoms with van der Waals surface area (Å²) in [6.45, 7) is 4.00. The van der Waals surface area contributed by atoms with Gasteiger partial charge in [-0.3, -0.25) is 9.59 Å². The van der Waals surface area contributed by atoms with E-state index < -0.39 is 17.4 Å². The summed E-state index contributed by atoms with van der Waals surface area (Å²) < 4.78 is 0. The summed E-state index contributed by atoms with van der Waals surface area (Å²) in [4.78, 5) is 23.3. The maximum Gasteiger partial charge on any atom is 0.255 e. The molecule has 2 amide bonds. The largest absolute Gasteiger partial charge is 0.507 e. The number of phenolic OH excluding ortho intramolecular Hbond substituents is 1. The molecule has 0 atom stereocenters. The first-order valence-corrected chi connectivity index (χ1v) is 6.31. The molecule has 102 valence electrons. The van der Waals surface area contributed by atoms with Crippen LogP contribution >= 0.6 is 0 Å². The van der Waals surface area contributed by atoms with Gasteiger partial charge in [0.25, 0.3) is 5.91 Å². The van der Waals surface area contributed by atoms with Crippen LogP contribution in [-0.2, 0) is 4.79 Å². The highest BCUT2D eigenvalue weighted by Gasteiger charge is 2.50. The van der Waals surface area contributed by atoms with Crippen LogP contribution in [0.3, 0.4) is 0 Å². The van der Waals surface area contributed by atoms with E-state index in [0.717, 1.165) is 5.56 Å². The molecule has 0 aromatic heterocycles. The maximum atomic E-state index is 12.0. The zero-order valence-electron chi connectivity index (χ0n) is 11.1. The summed E-state index contributed by atoms with van der Waals surface area (Å²) in [5.74, 6) is -0.810. The lowest BCUT2D eigenvalue weighted by atomic mass is 10.0. The monoisotopic (exact) mass is 262 g/mol. The first-order valence-electron chi connectivity index (χ1n) is 6.31. The lowest BCUT2D eigenvalue weighted by molar-refractivity contribution is -0.120. The van der Waals surface area contributed by atoms with Crippen molar-refractivity contribution < 1.29 is 14.7 Å². The van der Waals surface area contributed by atoms with Gasteiger partial charge in [0.15, 0.2) is 0 Å². The van der Waals surface area contributed by atoms with Gasteiger partial charge < -0.3 is 16.2 Å². The molecule has 0 unspecified atom stereocenters. The Hall–Kier alpha value is -2.04. The predicted octanol–water partition coefficient (Wildman–Crippen LogP) is 1.26. The molecule has 5 nitrogen and oxygen atoms in total. The van der Waals surface area contributed by atoms with Gasteiger partial charge in [-0.05, 0) is 36.5 Å². The molecular formula is C14H18N2O3. The standard InChI is InChI=1S/C14H18N2O3/c1-8(2)9-3-4-10(11(17)7-9)12(18)16-14(5-6-14)13(15)19/h3-4,7-8,17H,5-6H2,1-2H3,(H2,15,19)(H,16,18). The van der Waals surface area contributed by atoms with E-state index >= 15 is 0 Å². The van der Waals surface area contributed by atoms with Crippen LogP contribution in [0.4, 0.5) is 0 Å². The number of carbonyl (C=O) groups excluding carboxylic acids is 2. The molecule has 1 aromatic rings. The molecule has 0 saturated heterocycles. The van der Waals surface area contributed by atoms with Crippen molar-refractivity contribution in [1.82, 2.24) is 5.32 Å². The number of aromatic hydroxyl groups is 1. The van der Waals surface area contributed by atoms with Crippen molar-refractivity contribution in [1.29, 1.82) is 0 Å². The Labute approximate surface area is 111 Å². The van der Waals surface area contributed by atoms with Crippen LogP contribution in [0.25, 0.3) is 0 Å². The molecule has 5 heteroatoms. The molecule has 0 aliphatic heterocycles. The van der Waals surface area contributed by atoms with Crippen molar-refractivity contribution in [2.45, 2.75) is 38.1 Å². The second kappa shape index (κ2) is 4.57. The van der Waals surface area contributed by atoms with E-state index in [1.807, 2.05) is 13.8 Å². The molecule has 1 fully saturated rings. The lowest BCUT2D eigenvalue weighted by Gasteiger charge is -2.15. The Morgan fingerprint density at radius 2 is 2.00 bits per heavy atom.